The number of alkyl halides is 3. The van der Waals surface area contributed by atoms with Crippen LogP contribution in [0.5, 0.6) is 0 Å². The molecular formula is C22H23Cl2F3N6O3. The molecule has 1 amide bonds. The average Bonchev–Trinajstić information content (AvgIpc) is 2.81. The third kappa shape index (κ3) is 5.50. The van der Waals surface area contributed by atoms with Gasteiger partial charge in [-0.1, -0.05) is 18.5 Å². The molecule has 1 aliphatic rings. The van der Waals surface area contributed by atoms with Crippen molar-refractivity contribution in [2.45, 2.75) is 26.1 Å². The van der Waals surface area contributed by atoms with Gasteiger partial charge in [-0.05, 0) is 24.6 Å². The van der Waals surface area contributed by atoms with Gasteiger partial charge >= 0.3 is 6.18 Å². The minimum absolute atomic E-state index is 0. The Labute approximate surface area is 214 Å². The highest BCUT2D eigenvalue weighted by Gasteiger charge is 2.31. The molecule has 0 saturated carbocycles. The van der Waals surface area contributed by atoms with Gasteiger partial charge in [0.15, 0.2) is 5.65 Å². The highest BCUT2D eigenvalue weighted by Crippen LogP contribution is 2.33. The van der Waals surface area contributed by atoms with Gasteiger partial charge in [0.25, 0.3) is 5.56 Å². The number of amides is 1. The minimum Gasteiger partial charge on any atom is -0.364 e. The van der Waals surface area contributed by atoms with Gasteiger partial charge < -0.3 is 25.1 Å². The van der Waals surface area contributed by atoms with Crippen LogP contribution in [0.15, 0.2) is 34.0 Å². The largest absolute Gasteiger partial charge is 0.416 e. The minimum atomic E-state index is -4.57. The van der Waals surface area contributed by atoms with Crippen LogP contribution in [0.3, 0.4) is 0 Å². The normalized spacial score (nSPS) is 14.0. The molecule has 0 atom stereocenters. The second-order valence-electron chi connectivity index (χ2n) is 7.99. The Hall–Kier alpha value is -3.09. The topological polar surface area (TPSA) is 112 Å². The monoisotopic (exact) mass is 546 g/mol. The summed E-state index contributed by atoms with van der Waals surface area (Å²) in [6.45, 7) is 3.97. The molecule has 2 aromatic heterocycles. The molecule has 14 heteroatoms. The van der Waals surface area contributed by atoms with E-state index in [0.717, 1.165) is 24.4 Å². The molecule has 36 heavy (non-hydrogen) atoms. The van der Waals surface area contributed by atoms with Crippen LogP contribution >= 0.6 is 24.0 Å². The number of nitrogens with one attached hydrogen (secondary N) is 3. The van der Waals surface area contributed by atoms with Crippen LogP contribution < -0.4 is 26.5 Å². The SMILES string of the molecule is CCc1c(N2CCNCC2)c(=O)c2[nH]c(=O)cnc2n1CC(=O)Nc1ccc(C(F)(F)F)cc1Cl.Cl. The van der Waals surface area contributed by atoms with E-state index in [1.807, 2.05) is 11.8 Å². The molecule has 0 aliphatic carbocycles. The van der Waals surface area contributed by atoms with Crippen molar-refractivity contribution in [2.24, 2.45) is 0 Å². The summed E-state index contributed by atoms with van der Waals surface area (Å²) in [5.41, 5.74) is -0.833. The van der Waals surface area contributed by atoms with Crippen LogP contribution in [0.25, 0.3) is 11.2 Å². The third-order valence-corrected chi connectivity index (χ3v) is 6.03. The van der Waals surface area contributed by atoms with E-state index < -0.39 is 23.2 Å². The number of aromatic amines is 1. The van der Waals surface area contributed by atoms with Crippen LogP contribution in [0.4, 0.5) is 24.5 Å². The maximum Gasteiger partial charge on any atom is 0.416 e. The average molecular weight is 547 g/mol. The van der Waals surface area contributed by atoms with E-state index in [1.165, 1.54) is 4.57 Å². The van der Waals surface area contributed by atoms with Crippen molar-refractivity contribution in [3.63, 3.8) is 0 Å². The molecule has 0 unspecified atom stereocenters. The summed E-state index contributed by atoms with van der Waals surface area (Å²) in [5, 5.41) is 5.46. The van der Waals surface area contributed by atoms with Gasteiger partial charge in [0.05, 0.1) is 22.5 Å². The molecule has 4 rings (SSSR count). The first kappa shape index (κ1) is 27.5. The number of pyridine rings is 1. The molecule has 1 saturated heterocycles. The number of nitrogens with zero attached hydrogens (tertiary/aromatic N) is 3. The van der Waals surface area contributed by atoms with E-state index in [4.69, 9.17) is 11.6 Å². The first-order valence-corrected chi connectivity index (χ1v) is 11.2. The summed E-state index contributed by atoms with van der Waals surface area (Å²) < 4.78 is 40.3. The highest BCUT2D eigenvalue weighted by atomic mass is 35.5. The van der Waals surface area contributed by atoms with Crippen molar-refractivity contribution >= 4 is 52.5 Å². The van der Waals surface area contributed by atoms with Gasteiger partial charge in [-0.25, -0.2) is 4.98 Å². The molecule has 3 N–H and O–H groups in total. The van der Waals surface area contributed by atoms with E-state index in [1.54, 1.807) is 0 Å². The van der Waals surface area contributed by atoms with E-state index >= 15 is 0 Å². The predicted octanol–water partition coefficient (Wildman–Crippen LogP) is 2.79. The quantitative estimate of drug-likeness (QED) is 0.453. The Morgan fingerprint density at radius 3 is 2.53 bits per heavy atom. The molecule has 1 aromatic carbocycles. The van der Waals surface area contributed by atoms with Gasteiger partial charge in [-0.15, -0.1) is 12.4 Å². The maximum absolute atomic E-state index is 13.4. The molecule has 194 valence electrons. The maximum atomic E-state index is 13.4. The summed E-state index contributed by atoms with van der Waals surface area (Å²) >= 11 is 5.97. The number of hydrogen-bond donors (Lipinski definition) is 3. The standard InChI is InChI=1S/C22H22ClF3N6O3.ClH/c1-2-15-19(31-7-5-27-6-8-31)20(35)18-21(28-10-16(33)30-18)32(15)11-17(34)29-14-4-3-12(9-13(14)23)22(24,25)26;/h3-4,9-10,27H,2,5-8,11H2,1H3,(H,29,34)(H,30,33);1H. The second kappa shape index (κ2) is 10.9. The number of carbonyl (C=O) groups is 1. The summed E-state index contributed by atoms with van der Waals surface area (Å²) in [5.74, 6) is -0.592. The Morgan fingerprint density at radius 1 is 1.22 bits per heavy atom. The number of benzene rings is 1. The molecule has 1 aliphatic heterocycles. The Morgan fingerprint density at radius 2 is 1.92 bits per heavy atom. The zero-order valence-electron chi connectivity index (χ0n) is 19.0. The second-order valence-corrected chi connectivity index (χ2v) is 8.39. The smallest absolute Gasteiger partial charge is 0.364 e. The molecule has 9 nitrogen and oxygen atoms in total. The number of carbonyl (C=O) groups excluding carboxylic acids is 1. The van der Waals surface area contributed by atoms with Crippen LogP contribution in [0, 0.1) is 0 Å². The van der Waals surface area contributed by atoms with Crippen molar-refractivity contribution < 1.29 is 18.0 Å². The Balaban J connectivity index is 0.00000361. The van der Waals surface area contributed by atoms with E-state index in [-0.39, 0.29) is 46.3 Å². The van der Waals surface area contributed by atoms with E-state index in [9.17, 15) is 27.6 Å². The fourth-order valence-electron chi connectivity index (χ4n) is 4.13. The lowest BCUT2D eigenvalue weighted by atomic mass is 10.1. The third-order valence-electron chi connectivity index (χ3n) is 5.71. The number of aromatic nitrogens is 3. The van der Waals surface area contributed by atoms with E-state index in [0.29, 0.717) is 44.0 Å². The number of fused-ring (bicyclic) bond motifs is 1. The summed E-state index contributed by atoms with van der Waals surface area (Å²) in [6, 6.07) is 2.63. The highest BCUT2D eigenvalue weighted by molar-refractivity contribution is 6.33. The first-order valence-electron chi connectivity index (χ1n) is 10.9. The van der Waals surface area contributed by atoms with Crippen molar-refractivity contribution in [3.8, 4) is 0 Å². The van der Waals surface area contributed by atoms with Crippen molar-refractivity contribution in [2.75, 3.05) is 36.4 Å². The Bertz CT molecular complexity index is 1400. The van der Waals surface area contributed by atoms with Crippen molar-refractivity contribution in [1.29, 1.82) is 0 Å². The first-order chi connectivity index (χ1) is 16.6. The van der Waals surface area contributed by atoms with Crippen LogP contribution in [-0.4, -0.2) is 46.6 Å². The molecule has 3 aromatic rings. The summed E-state index contributed by atoms with van der Waals surface area (Å²) in [6.07, 6.45) is -3.16. The lowest BCUT2D eigenvalue weighted by molar-refractivity contribution is -0.137. The van der Waals surface area contributed by atoms with E-state index in [2.05, 4.69) is 20.6 Å². The number of hydrogen-bond acceptors (Lipinski definition) is 6. The predicted molar refractivity (Wildman–Crippen MR) is 133 cm³/mol. The van der Waals surface area contributed by atoms with Crippen LogP contribution in [0.1, 0.15) is 18.2 Å². The molecule has 0 radical (unpaired) electrons. The van der Waals surface area contributed by atoms with Crippen LogP contribution in [0.2, 0.25) is 5.02 Å². The van der Waals surface area contributed by atoms with Crippen molar-refractivity contribution in [1.82, 2.24) is 19.9 Å². The number of H-pyrrole nitrogens is 1. The van der Waals surface area contributed by atoms with Crippen LogP contribution in [-0.2, 0) is 23.9 Å². The number of piperazine rings is 1. The fraction of sp³-hybridized carbons (Fsp3) is 0.364. The van der Waals surface area contributed by atoms with Gasteiger partial charge in [-0.2, -0.15) is 13.2 Å². The molecule has 1 fully saturated rings. The molecule has 0 bridgehead atoms. The van der Waals surface area contributed by atoms with Gasteiger partial charge in [-0.3, -0.25) is 14.4 Å². The van der Waals surface area contributed by atoms with Gasteiger partial charge in [0.1, 0.15) is 17.7 Å². The number of anilines is 2. The zero-order valence-corrected chi connectivity index (χ0v) is 20.6. The summed E-state index contributed by atoms with van der Waals surface area (Å²) in [4.78, 5) is 46.8. The number of rotatable bonds is 5. The fourth-order valence-corrected chi connectivity index (χ4v) is 4.36. The number of halogens is 5. The zero-order chi connectivity index (χ0) is 25.3. The van der Waals surface area contributed by atoms with Gasteiger partial charge in [0.2, 0.25) is 11.3 Å². The molecule has 3 heterocycles. The summed E-state index contributed by atoms with van der Waals surface area (Å²) in [7, 11) is 0. The lowest BCUT2D eigenvalue weighted by Crippen LogP contribution is -2.46. The molecule has 0 spiro atoms. The van der Waals surface area contributed by atoms with Gasteiger partial charge in [0, 0.05) is 31.9 Å². The van der Waals surface area contributed by atoms with Crippen molar-refractivity contribution in [3.05, 3.63) is 61.3 Å². The Kier molecular flexibility index (Phi) is 8.32. The molecular weight excluding hydrogens is 524 g/mol. The lowest BCUT2D eigenvalue weighted by Gasteiger charge is -2.31.